The van der Waals surface area contributed by atoms with Gasteiger partial charge in [-0.05, 0) is 18.7 Å². The molecule has 19 heavy (non-hydrogen) atoms. The Kier molecular flexibility index (Phi) is 6.21. The van der Waals surface area contributed by atoms with Crippen molar-refractivity contribution in [3.05, 3.63) is 32.8 Å². The van der Waals surface area contributed by atoms with Crippen LogP contribution in [0.5, 0.6) is 0 Å². The minimum atomic E-state index is -1.46. The van der Waals surface area contributed by atoms with Crippen LogP contribution in [0, 0.1) is 0 Å². The molecule has 0 bridgehead atoms. The number of benzene rings is 1. The standard InChI is InChI=1S/C12H14Cl3NO2.ClH/c1-2-16-3-4-18-12(17,7-16)9-5-8(13)6-10(14)11(9)15;/h5-6,17H,2-4,7H2,1H3;1H. The van der Waals surface area contributed by atoms with E-state index in [0.29, 0.717) is 28.8 Å². The first-order valence-electron chi connectivity index (χ1n) is 5.70. The fraction of sp³-hybridized carbons (Fsp3) is 0.500. The van der Waals surface area contributed by atoms with Crippen LogP contribution < -0.4 is 0 Å². The summed E-state index contributed by atoms with van der Waals surface area (Å²) in [5.74, 6) is -1.46. The Labute approximate surface area is 133 Å². The van der Waals surface area contributed by atoms with Crippen LogP contribution in [-0.2, 0) is 10.5 Å². The summed E-state index contributed by atoms with van der Waals surface area (Å²) >= 11 is 18.1. The number of nitrogens with zero attached hydrogens (tertiary/aromatic N) is 1. The van der Waals surface area contributed by atoms with Gasteiger partial charge in [0.2, 0.25) is 5.79 Å². The van der Waals surface area contributed by atoms with Gasteiger partial charge in [-0.15, -0.1) is 12.4 Å². The lowest BCUT2D eigenvalue weighted by Gasteiger charge is -2.39. The molecule has 1 aromatic carbocycles. The summed E-state index contributed by atoms with van der Waals surface area (Å²) in [4.78, 5) is 2.08. The van der Waals surface area contributed by atoms with Crippen LogP contribution >= 0.6 is 47.2 Å². The summed E-state index contributed by atoms with van der Waals surface area (Å²) in [6, 6.07) is 3.13. The number of likely N-dealkylation sites (N-methyl/N-ethyl adjacent to an activating group) is 1. The Balaban J connectivity index is 0.00000180. The molecule has 1 heterocycles. The SMILES string of the molecule is CCN1CCOC(O)(c2cc(Cl)cc(Cl)c2Cl)C1.Cl. The first-order chi connectivity index (χ1) is 8.46. The minimum absolute atomic E-state index is 0. The van der Waals surface area contributed by atoms with Gasteiger partial charge in [0.05, 0.1) is 23.2 Å². The molecule has 1 unspecified atom stereocenters. The predicted molar refractivity (Wildman–Crippen MR) is 80.7 cm³/mol. The average molecular weight is 347 g/mol. The highest BCUT2D eigenvalue weighted by molar-refractivity contribution is 6.43. The molecule has 1 N–H and O–H groups in total. The highest BCUT2D eigenvalue weighted by Crippen LogP contribution is 2.38. The Morgan fingerprint density at radius 1 is 1.37 bits per heavy atom. The second-order valence-electron chi connectivity index (χ2n) is 4.25. The Morgan fingerprint density at radius 3 is 2.68 bits per heavy atom. The zero-order valence-corrected chi connectivity index (χ0v) is 13.4. The van der Waals surface area contributed by atoms with Crippen molar-refractivity contribution in [2.45, 2.75) is 12.7 Å². The molecule has 1 fully saturated rings. The number of ether oxygens (including phenoxy) is 1. The minimum Gasteiger partial charge on any atom is -0.361 e. The monoisotopic (exact) mass is 345 g/mol. The molecule has 0 amide bonds. The molecule has 0 saturated carbocycles. The van der Waals surface area contributed by atoms with E-state index in [-0.39, 0.29) is 17.4 Å². The second-order valence-corrected chi connectivity index (χ2v) is 5.47. The van der Waals surface area contributed by atoms with Gasteiger partial charge in [-0.25, -0.2) is 0 Å². The molecule has 0 radical (unpaired) electrons. The maximum absolute atomic E-state index is 10.6. The molecule has 1 aliphatic rings. The number of morpholine rings is 1. The molecule has 1 aromatic rings. The van der Waals surface area contributed by atoms with E-state index in [9.17, 15) is 5.11 Å². The van der Waals surface area contributed by atoms with Crippen LogP contribution in [0.3, 0.4) is 0 Å². The predicted octanol–water partition coefficient (Wildman–Crippen LogP) is 3.57. The largest absolute Gasteiger partial charge is 0.361 e. The van der Waals surface area contributed by atoms with Gasteiger partial charge in [0.25, 0.3) is 0 Å². The summed E-state index contributed by atoms with van der Waals surface area (Å²) in [5, 5.41) is 11.6. The van der Waals surface area contributed by atoms with Gasteiger partial charge in [-0.2, -0.15) is 0 Å². The smallest absolute Gasteiger partial charge is 0.207 e. The van der Waals surface area contributed by atoms with Crippen molar-refractivity contribution < 1.29 is 9.84 Å². The highest BCUT2D eigenvalue weighted by atomic mass is 35.5. The van der Waals surface area contributed by atoms with Crippen LogP contribution in [0.2, 0.25) is 15.1 Å². The van der Waals surface area contributed by atoms with E-state index in [0.717, 1.165) is 13.1 Å². The van der Waals surface area contributed by atoms with Gasteiger partial charge in [0, 0.05) is 17.1 Å². The van der Waals surface area contributed by atoms with Crippen LogP contribution in [0.1, 0.15) is 12.5 Å². The number of hydrogen-bond acceptors (Lipinski definition) is 3. The fourth-order valence-electron chi connectivity index (χ4n) is 2.04. The Morgan fingerprint density at radius 2 is 2.05 bits per heavy atom. The summed E-state index contributed by atoms with van der Waals surface area (Å²) < 4.78 is 5.49. The molecule has 0 aliphatic carbocycles. The van der Waals surface area contributed by atoms with Gasteiger partial charge >= 0.3 is 0 Å². The van der Waals surface area contributed by atoms with Gasteiger partial charge in [0.15, 0.2) is 0 Å². The molecule has 0 aromatic heterocycles. The normalized spacial score (nSPS) is 24.1. The summed E-state index contributed by atoms with van der Waals surface area (Å²) in [7, 11) is 0. The first-order valence-corrected chi connectivity index (χ1v) is 6.83. The number of rotatable bonds is 2. The molecule has 3 nitrogen and oxygen atoms in total. The molecule has 0 spiro atoms. The van der Waals surface area contributed by atoms with Gasteiger partial charge in [0.1, 0.15) is 0 Å². The topological polar surface area (TPSA) is 32.7 Å². The van der Waals surface area contributed by atoms with Crippen LogP contribution in [0.15, 0.2) is 12.1 Å². The quantitative estimate of drug-likeness (QED) is 0.831. The van der Waals surface area contributed by atoms with Crippen molar-refractivity contribution in [3.8, 4) is 0 Å². The first kappa shape index (κ1) is 17.3. The maximum Gasteiger partial charge on any atom is 0.207 e. The van der Waals surface area contributed by atoms with Crippen LogP contribution in [0.4, 0.5) is 0 Å². The van der Waals surface area contributed by atoms with Crippen LogP contribution in [0.25, 0.3) is 0 Å². The Hall–Kier alpha value is 0.260. The number of β-amino-alcohol motifs (C(OH)–C–C–N with tert-alkyl or cyclic N) is 1. The summed E-state index contributed by atoms with van der Waals surface area (Å²) in [6.45, 7) is 4.42. The summed E-state index contributed by atoms with van der Waals surface area (Å²) in [6.07, 6.45) is 0. The van der Waals surface area contributed by atoms with Crippen molar-refractivity contribution in [1.82, 2.24) is 4.90 Å². The third-order valence-electron chi connectivity index (χ3n) is 3.05. The van der Waals surface area contributed by atoms with E-state index in [4.69, 9.17) is 39.5 Å². The molecule has 2 rings (SSSR count). The van der Waals surface area contributed by atoms with E-state index in [1.165, 1.54) is 0 Å². The third-order valence-corrected chi connectivity index (χ3v) is 4.07. The molecular weight excluding hydrogens is 332 g/mol. The lowest BCUT2D eigenvalue weighted by atomic mass is 10.0. The average Bonchev–Trinajstić information content (AvgIpc) is 2.33. The third kappa shape index (κ3) is 3.67. The fourth-order valence-corrected chi connectivity index (χ4v) is 2.79. The van der Waals surface area contributed by atoms with Crippen molar-refractivity contribution in [3.63, 3.8) is 0 Å². The van der Waals surface area contributed by atoms with Gasteiger partial charge < -0.3 is 9.84 Å². The lowest BCUT2D eigenvalue weighted by molar-refractivity contribution is -0.247. The highest BCUT2D eigenvalue weighted by Gasteiger charge is 2.38. The molecule has 108 valence electrons. The lowest BCUT2D eigenvalue weighted by Crippen LogP contribution is -2.49. The van der Waals surface area contributed by atoms with E-state index in [1.54, 1.807) is 12.1 Å². The van der Waals surface area contributed by atoms with E-state index >= 15 is 0 Å². The van der Waals surface area contributed by atoms with Crippen molar-refractivity contribution >= 4 is 47.2 Å². The van der Waals surface area contributed by atoms with E-state index in [2.05, 4.69) is 4.90 Å². The number of hydrogen-bond donors (Lipinski definition) is 1. The van der Waals surface area contributed by atoms with Gasteiger partial charge in [-0.1, -0.05) is 41.7 Å². The van der Waals surface area contributed by atoms with Crippen molar-refractivity contribution in [1.29, 1.82) is 0 Å². The van der Waals surface area contributed by atoms with E-state index in [1.807, 2.05) is 6.92 Å². The van der Waals surface area contributed by atoms with Crippen molar-refractivity contribution in [2.24, 2.45) is 0 Å². The summed E-state index contributed by atoms with van der Waals surface area (Å²) in [5.41, 5.74) is 0.416. The van der Waals surface area contributed by atoms with Crippen molar-refractivity contribution in [2.75, 3.05) is 26.2 Å². The molecule has 1 aliphatic heterocycles. The van der Waals surface area contributed by atoms with Gasteiger partial charge in [-0.3, -0.25) is 4.90 Å². The second kappa shape index (κ2) is 6.81. The molecule has 1 saturated heterocycles. The zero-order chi connectivity index (χ0) is 13.3. The molecule has 1 atom stereocenters. The Bertz CT molecular complexity index is 458. The molecular formula is C12H15Cl4NO2. The maximum atomic E-state index is 10.6. The van der Waals surface area contributed by atoms with Crippen LogP contribution in [-0.4, -0.2) is 36.2 Å². The number of aliphatic hydroxyl groups is 1. The zero-order valence-electron chi connectivity index (χ0n) is 10.3. The molecule has 7 heteroatoms. The number of halogens is 4. The van der Waals surface area contributed by atoms with E-state index < -0.39 is 5.79 Å².